The molecular formula is C18H32N2O13P2. The van der Waals surface area contributed by atoms with Gasteiger partial charge in [0.15, 0.2) is 6.23 Å². The molecule has 0 bridgehead atoms. The Kier molecular flexibility index (Phi) is 11.9. The number of unbranched alkanes of at least 4 members (excludes halogenated alkanes) is 2. The Morgan fingerprint density at radius 2 is 1.74 bits per heavy atom. The molecule has 1 saturated heterocycles. The number of rotatable bonds is 16. The molecule has 15 nitrogen and oxygen atoms in total. The number of methoxy groups -OCH3 is 1. The summed E-state index contributed by atoms with van der Waals surface area (Å²) in [5.74, 6) is 0. The van der Waals surface area contributed by atoms with Gasteiger partial charge in [-0.05, 0) is 19.3 Å². The van der Waals surface area contributed by atoms with E-state index in [2.05, 4.69) is 4.98 Å². The van der Waals surface area contributed by atoms with Crippen LogP contribution < -0.4 is 11.2 Å². The lowest BCUT2D eigenvalue weighted by Gasteiger charge is -2.25. The van der Waals surface area contributed by atoms with Crippen LogP contribution in [0, 0.1) is 0 Å². The van der Waals surface area contributed by atoms with Crippen LogP contribution in [0.15, 0.2) is 21.9 Å². The van der Waals surface area contributed by atoms with Crippen LogP contribution in [0.1, 0.15) is 38.8 Å². The number of ether oxygens (including phenoxy) is 2. The lowest BCUT2D eigenvalue weighted by molar-refractivity contribution is -0.0626. The van der Waals surface area contributed by atoms with Crippen molar-refractivity contribution < 1.29 is 51.6 Å². The van der Waals surface area contributed by atoms with Crippen LogP contribution in [0.4, 0.5) is 0 Å². The van der Waals surface area contributed by atoms with Crippen LogP contribution in [-0.4, -0.2) is 76.3 Å². The number of hydrogen-bond acceptors (Lipinski definition) is 11. The van der Waals surface area contributed by atoms with Gasteiger partial charge in [0.1, 0.15) is 18.3 Å². The molecule has 0 radical (unpaired) electrons. The standard InChI is InChI=1S/C18H32N2O13P2/c1-3-4-10-29-34(24,25)31-12-13-15(33-35(26,27)30-11-6-5-9-21)16(28-2)17(32-13)20-8-7-14(22)19-18(20)23/h7-8,13,15-17,21H,3-6,9-12H2,1-2H3,(H,24,25)(H,26,27)(H,19,22,23)/t13-,15-,16-,17-/m1/s1. The molecule has 1 aromatic heterocycles. The molecule has 2 unspecified atom stereocenters. The summed E-state index contributed by atoms with van der Waals surface area (Å²) in [6.45, 7) is 0.881. The van der Waals surface area contributed by atoms with Gasteiger partial charge in [-0.2, -0.15) is 0 Å². The van der Waals surface area contributed by atoms with E-state index in [-0.39, 0.29) is 26.2 Å². The van der Waals surface area contributed by atoms with Gasteiger partial charge in [-0.3, -0.25) is 32.4 Å². The highest BCUT2D eigenvalue weighted by molar-refractivity contribution is 7.47. The summed E-state index contributed by atoms with van der Waals surface area (Å²) in [4.78, 5) is 45.9. The van der Waals surface area contributed by atoms with Gasteiger partial charge in [0.2, 0.25) is 0 Å². The van der Waals surface area contributed by atoms with E-state index < -0.39 is 58.0 Å². The highest BCUT2D eigenvalue weighted by atomic mass is 31.2. The SMILES string of the molecule is CCCCOP(=O)(O)OC[C@H]1O[C@@H](n2ccc(=O)[nH]c2=O)[C@H](OC)[C@@H]1OP(=O)(O)OCCCCO. The number of aliphatic hydroxyl groups is 1. The summed E-state index contributed by atoms with van der Waals surface area (Å²) in [5, 5.41) is 8.83. The summed E-state index contributed by atoms with van der Waals surface area (Å²) in [6, 6.07) is 1.06. The number of phosphoric ester groups is 2. The van der Waals surface area contributed by atoms with Crippen molar-refractivity contribution in [2.75, 3.05) is 33.5 Å². The molecule has 0 spiro atoms. The third-order valence-electron chi connectivity index (χ3n) is 4.90. The maximum Gasteiger partial charge on any atom is 0.472 e. The maximum absolute atomic E-state index is 12.5. The van der Waals surface area contributed by atoms with Crippen molar-refractivity contribution in [1.82, 2.24) is 9.55 Å². The minimum absolute atomic E-state index is 0.0284. The number of aromatic amines is 1. The zero-order valence-corrected chi connectivity index (χ0v) is 21.2. The minimum Gasteiger partial charge on any atom is -0.396 e. The molecule has 4 N–H and O–H groups in total. The molecule has 6 atom stereocenters. The first kappa shape index (κ1) is 30.0. The predicted octanol–water partition coefficient (Wildman–Crippen LogP) is 0.657. The molecule has 2 rings (SSSR count). The predicted molar refractivity (Wildman–Crippen MR) is 120 cm³/mol. The van der Waals surface area contributed by atoms with Gasteiger partial charge < -0.3 is 24.4 Å². The Morgan fingerprint density at radius 1 is 1.06 bits per heavy atom. The molecule has 0 saturated carbocycles. The second-order valence-corrected chi connectivity index (χ2v) is 10.4. The monoisotopic (exact) mass is 546 g/mol. The molecule has 1 fully saturated rings. The van der Waals surface area contributed by atoms with Gasteiger partial charge in [0.05, 0.1) is 19.8 Å². The zero-order chi connectivity index (χ0) is 26.1. The van der Waals surface area contributed by atoms with Crippen molar-refractivity contribution >= 4 is 15.6 Å². The third-order valence-corrected chi connectivity index (χ3v) is 6.90. The van der Waals surface area contributed by atoms with Crippen LogP contribution in [0.25, 0.3) is 0 Å². The molecule has 0 aromatic carbocycles. The largest absolute Gasteiger partial charge is 0.472 e. The number of phosphoric acid groups is 2. The fourth-order valence-corrected chi connectivity index (χ4v) is 4.93. The van der Waals surface area contributed by atoms with E-state index in [4.69, 9.17) is 32.7 Å². The highest BCUT2D eigenvalue weighted by Gasteiger charge is 2.51. The normalized spacial score (nSPS) is 25.9. The number of H-pyrrole nitrogens is 1. The molecule has 202 valence electrons. The molecule has 1 aliphatic rings. The maximum atomic E-state index is 12.5. The smallest absolute Gasteiger partial charge is 0.396 e. The number of hydrogen-bond donors (Lipinski definition) is 4. The van der Waals surface area contributed by atoms with Crippen molar-refractivity contribution in [2.24, 2.45) is 0 Å². The summed E-state index contributed by atoms with van der Waals surface area (Å²) < 4.78 is 56.8. The van der Waals surface area contributed by atoms with E-state index in [0.29, 0.717) is 12.8 Å². The fraction of sp³-hybridized carbons (Fsp3) is 0.778. The number of nitrogens with one attached hydrogen (secondary N) is 1. The van der Waals surface area contributed by atoms with Crippen molar-refractivity contribution in [2.45, 2.75) is 57.1 Å². The Balaban J connectivity index is 2.25. The first-order valence-electron chi connectivity index (χ1n) is 10.9. The third kappa shape index (κ3) is 9.30. The van der Waals surface area contributed by atoms with Crippen LogP contribution >= 0.6 is 15.6 Å². The first-order valence-corrected chi connectivity index (χ1v) is 13.9. The van der Waals surface area contributed by atoms with E-state index >= 15 is 0 Å². The lowest BCUT2D eigenvalue weighted by Crippen LogP contribution is -2.40. The van der Waals surface area contributed by atoms with Crippen LogP contribution in [0.3, 0.4) is 0 Å². The highest BCUT2D eigenvalue weighted by Crippen LogP contribution is 2.50. The molecule has 2 heterocycles. The minimum atomic E-state index is -4.70. The first-order chi connectivity index (χ1) is 16.5. The summed E-state index contributed by atoms with van der Waals surface area (Å²) in [5.41, 5.74) is -1.51. The zero-order valence-electron chi connectivity index (χ0n) is 19.4. The quantitative estimate of drug-likeness (QED) is 0.166. The Bertz CT molecular complexity index is 999. The number of aromatic nitrogens is 2. The average molecular weight is 546 g/mol. The van der Waals surface area contributed by atoms with Gasteiger partial charge in [0, 0.05) is 26.0 Å². The lowest BCUT2D eigenvalue weighted by atomic mass is 10.1. The summed E-state index contributed by atoms with van der Waals surface area (Å²) >= 11 is 0. The van der Waals surface area contributed by atoms with Crippen LogP contribution in [-0.2, 0) is 36.7 Å². The Hall–Kier alpha value is -1.22. The summed E-state index contributed by atoms with van der Waals surface area (Å²) in [7, 11) is -7.96. The Morgan fingerprint density at radius 3 is 2.37 bits per heavy atom. The van der Waals surface area contributed by atoms with E-state index in [1.54, 1.807) is 0 Å². The molecule has 1 aromatic rings. The van der Waals surface area contributed by atoms with E-state index in [1.165, 1.54) is 7.11 Å². The van der Waals surface area contributed by atoms with Gasteiger partial charge in [-0.15, -0.1) is 0 Å². The van der Waals surface area contributed by atoms with E-state index in [0.717, 1.165) is 23.3 Å². The van der Waals surface area contributed by atoms with Crippen LogP contribution in [0.2, 0.25) is 0 Å². The second-order valence-electron chi connectivity index (χ2n) is 7.54. The molecule has 17 heteroatoms. The Labute approximate surface area is 201 Å². The summed E-state index contributed by atoms with van der Waals surface area (Å²) in [6.07, 6.45) is -2.18. The molecule has 0 aliphatic carbocycles. The average Bonchev–Trinajstić information content (AvgIpc) is 3.11. The van der Waals surface area contributed by atoms with Gasteiger partial charge >= 0.3 is 21.3 Å². The van der Waals surface area contributed by atoms with Gasteiger partial charge in [0.25, 0.3) is 5.56 Å². The van der Waals surface area contributed by atoms with Crippen molar-refractivity contribution in [3.8, 4) is 0 Å². The van der Waals surface area contributed by atoms with E-state index in [1.807, 2.05) is 6.92 Å². The molecule has 0 amide bonds. The molecule has 1 aliphatic heterocycles. The topological polar surface area (TPSA) is 205 Å². The van der Waals surface area contributed by atoms with Gasteiger partial charge in [-0.1, -0.05) is 13.3 Å². The van der Waals surface area contributed by atoms with Crippen molar-refractivity contribution in [1.29, 1.82) is 0 Å². The number of aliphatic hydroxyl groups excluding tert-OH is 1. The molecule has 35 heavy (non-hydrogen) atoms. The van der Waals surface area contributed by atoms with Gasteiger partial charge in [-0.25, -0.2) is 13.9 Å². The van der Waals surface area contributed by atoms with Crippen molar-refractivity contribution in [3.05, 3.63) is 33.1 Å². The van der Waals surface area contributed by atoms with E-state index in [9.17, 15) is 28.5 Å². The fourth-order valence-electron chi connectivity index (χ4n) is 3.18. The number of nitrogens with zero attached hydrogens (tertiary/aromatic N) is 1. The second kappa shape index (κ2) is 13.9. The van der Waals surface area contributed by atoms with Crippen LogP contribution in [0.5, 0.6) is 0 Å². The van der Waals surface area contributed by atoms with Crippen molar-refractivity contribution in [3.63, 3.8) is 0 Å². The molecular weight excluding hydrogens is 514 g/mol.